The number of hydrogen-bond acceptors (Lipinski definition) is 4. The molecule has 1 aromatic heterocycles. The van der Waals surface area contributed by atoms with Gasteiger partial charge in [0.25, 0.3) is 0 Å². The Morgan fingerprint density at radius 1 is 1.33 bits per heavy atom. The van der Waals surface area contributed by atoms with Crippen molar-refractivity contribution in [2.45, 2.75) is 5.32 Å². The second kappa shape index (κ2) is 2.21. The molecule has 0 amide bonds. The molecule has 4 nitrogen and oxygen atoms in total. The molecule has 0 N–H and O–H groups in total. The molecule has 2 aliphatic rings. The molecule has 0 radical (unpaired) electrons. The van der Waals surface area contributed by atoms with Crippen LogP contribution in [0.3, 0.4) is 0 Å². The number of hydrogen-bond donors (Lipinski definition) is 0. The predicted molar refractivity (Wildman–Crippen MR) is 45.1 cm³/mol. The average Bonchev–Trinajstić information content (AvgIpc) is 2.64. The van der Waals surface area contributed by atoms with Gasteiger partial charge in [-0.15, -0.1) is 0 Å². The number of fused-ring (bicyclic) bond motifs is 2. The Kier molecular flexibility index (Phi) is 1.19. The Bertz CT molecular complexity index is 491. The molecule has 0 aromatic carbocycles. The van der Waals surface area contributed by atoms with E-state index in [9.17, 15) is 0 Å². The van der Waals surface area contributed by atoms with Crippen molar-refractivity contribution in [3.8, 4) is 0 Å². The topological polar surface area (TPSA) is 50.5 Å². The fraction of sp³-hybridized carbons (Fsp3) is 0.143. The summed E-state index contributed by atoms with van der Waals surface area (Å²) in [5, 5.41) is 9.78. The van der Waals surface area contributed by atoms with E-state index in [1.165, 1.54) is 0 Å². The van der Waals surface area contributed by atoms with Crippen molar-refractivity contribution in [3.05, 3.63) is 16.5 Å². The molecule has 58 valence electrons. The first kappa shape index (κ1) is 6.45. The van der Waals surface area contributed by atoms with Crippen LogP contribution in [0.4, 0.5) is 0 Å². The molecule has 0 saturated heterocycles. The zero-order valence-corrected chi connectivity index (χ0v) is 7.77. The van der Waals surface area contributed by atoms with Gasteiger partial charge in [0.2, 0.25) is 0 Å². The van der Waals surface area contributed by atoms with E-state index >= 15 is 0 Å². The van der Waals surface area contributed by atoms with Crippen molar-refractivity contribution in [1.82, 2.24) is 9.97 Å². The van der Waals surface area contributed by atoms with Gasteiger partial charge in [-0.05, 0) is 0 Å². The third kappa shape index (κ3) is 0.776. The quantitative estimate of drug-likeness (QED) is 0.477. The summed E-state index contributed by atoms with van der Waals surface area (Å²) >= 11 is 0.468. The van der Waals surface area contributed by atoms with Crippen LogP contribution < -0.4 is 15.4 Å². The first-order chi connectivity index (χ1) is 5.93. The van der Waals surface area contributed by atoms with Gasteiger partial charge in [0.15, 0.2) is 0 Å². The summed E-state index contributed by atoms with van der Waals surface area (Å²) in [4.78, 5) is 8.76. The van der Waals surface area contributed by atoms with Crippen LogP contribution in [0.5, 0.6) is 0 Å². The van der Waals surface area contributed by atoms with Crippen molar-refractivity contribution >= 4 is 31.8 Å². The SMILES string of the molecule is C1=NN=c2nc3c(nc21)=CC[Se]3. The molecule has 12 heavy (non-hydrogen) atoms. The fourth-order valence-corrected chi connectivity index (χ4v) is 2.91. The minimum absolute atomic E-state index is 0.468. The first-order valence-corrected chi connectivity index (χ1v) is 5.62. The van der Waals surface area contributed by atoms with Gasteiger partial charge in [0.1, 0.15) is 0 Å². The van der Waals surface area contributed by atoms with Gasteiger partial charge in [0, 0.05) is 0 Å². The maximum absolute atomic E-state index is 4.39. The van der Waals surface area contributed by atoms with Crippen molar-refractivity contribution < 1.29 is 0 Å². The molecule has 0 bridgehead atoms. The van der Waals surface area contributed by atoms with Gasteiger partial charge >= 0.3 is 73.9 Å². The molecule has 0 saturated carbocycles. The summed E-state index contributed by atoms with van der Waals surface area (Å²) in [6, 6.07) is 0. The van der Waals surface area contributed by atoms with Gasteiger partial charge < -0.3 is 0 Å². The fourth-order valence-electron chi connectivity index (χ4n) is 1.18. The first-order valence-electron chi connectivity index (χ1n) is 3.55. The van der Waals surface area contributed by atoms with E-state index in [1.807, 2.05) is 0 Å². The summed E-state index contributed by atoms with van der Waals surface area (Å²) in [7, 11) is 0. The van der Waals surface area contributed by atoms with Crippen LogP contribution >= 0.6 is 0 Å². The van der Waals surface area contributed by atoms with Crippen LogP contribution in [-0.4, -0.2) is 31.1 Å². The molecule has 0 aliphatic carbocycles. The van der Waals surface area contributed by atoms with Gasteiger partial charge in [-0.1, -0.05) is 0 Å². The van der Waals surface area contributed by atoms with Crippen LogP contribution in [-0.2, 0) is 0 Å². The molecular formula is C7H4N4Se. The number of aromatic nitrogens is 2. The van der Waals surface area contributed by atoms with E-state index in [0.717, 1.165) is 21.0 Å². The minimum atomic E-state index is 0.468. The zero-order valence-electron chi connectivity index (χ0n) is 6.06. The zero-order chi connectivity index (χ0) is 7.97. The molecule has 2 aliphatic heterocycles. The monoisotopic (exact) mass is 224 g/mol. The van der Waals surface area contributed by atoms with Crippen molar-refractivity contribution in [2.75, 3.05) is 0 Å². The Labute approximate surface area is 74.3 Å². The van der Waals surface area contributed by atoms with Gasteiger partial charge in [-0.25, -0.2) is 0 Å². The summed E-state index contributed by atoms with van der Waals surface area (Å²) < 4.78 is 1.12. The van der Waals surface area contributed by atoms with E-state index in [1.54, 1.807) is 6.21 Å². The Morgan fingerprint density at radius 2 is 2.33 bits per heavy atom. The van der Waals surface area contributed by atoms with E-state index in [2.05, 4.69) is 26.2 Å². The van der Waals surface area contributed by atoms with Crippen LogP contribution in [0.25, 0.3) is 6.08 Å². The Balaban J connectivity index is 2.45. The number of nitrogens with zero attached hydrogens (tertiary/aromatic N) is 4. The molecule has 1 aromatic rings. The normalized spacial score (nSPS) is 16.7. The predicted octanol–water partition coefficient (Wildman–Crippen LogP) is -2.01. The second-order valence-corrected chi connectivity index (χ2v) is 4.60. The number of rotatable bonds is 0. The van der Waals surface area contributed by atoms with Crippen LogP contribution in [0.2, 0.25) is 5.32 Å². The Morgan fingerprint density at radius 3 is 3.33 bits per heavy atom. The van der Waals surface area contributed by atoms with Gasteiger partial charge in [-0.3, -0.25) is 0 Å². The van der Waals surface area contributed by atoms with Gasteiger partial charge in [-0.2, -0.15) is 0 Å². The molecule has 3 heterocycles. The van der Waals surface area contributed by atoms with E-state index in [4.69, 9.17) is 0 Å². The molecule has 0 fully saturated rings. The van der Waals surface area contributed by atoms with Crippen molar-refractivity contribution in [2.24, 2.45) is 10.2 Å². The third-order valence-corrected chi connectivity index (χ3v) is 3.63. The molecule has 0 unspecified atom stereocenters. The standard InChI is InChI=1S/C7H4N4Se/c1-2-12-7-4(1)9-5-3-8-11-6(5)10-7/h1,3H,2H2. The Hall–Kier alpha value is -1.06. The third-order valence-electron chi connectivity index (χ3n) is 1.73. The summed E-state index contributed by atoms with van der Waals surface area (Å²) in [6.45, 7) is 0. The summed E-state index contributed by atoms with van der Waals surface area (Å²) in [5.74, 6) is 0. The van der Waals surface area contributed by atoms with Crippen molar-refractivity contribution in [3.63, 3.8) is 0 Å². The van der Waals surface area contributed by atoms with E-state index in [0.29, 0.717) is 20.4 Å². The van der Waals surface area contributed by atoms with Crippen LogP contribution in [0, 0.1) is 0 Å². The summed E-state index contributed by atoms with van der Waals surface area (Å²) in [5.41, 5.74) is 1.49. The van der Waals surface area contributed by atoms with Crippen LogP contribution in [0.15, 0.2) is 10.2 Å². The molecule has 0 spiro atoms. The molecule has 5 heteroatoms. The van der Waals surface area contributed by atoms with Crippen molar-refractivity contribution in [1.29, 1.82) is 0 Å². The average molecular weight is 223 g/mol. The maximum atomic E-state index is 4.39. The summed E-state index contributed by atoms with van der Waals surface area (Å²) in [6.07, 6.45) is 3.79. The molecule has 0 atom stereocenters. The van der Waals surface area contributed by atoms with E-state index < -0.39 is 0 Å². The molecular weight excluding hydrogens is 219 g/mol. The van der Waals surface area contributed by atoms with Gasteiger partial charge in [0.05, 0.1) is 0 Å². The second-order valence-electron chi connectivity index (χ2n) is 2.48. The molecule has 3 rings (SSSR count). The van der Waals surface area contributed by atoms with Crippen LogP contribution in [0.1, 0.15) is 5.69 Å². The van der Waals surface area contributed by atoms with E-state index in [-0.39, 0.29) is 0 Å².